The molecule has 6 heteroatoms. The predicted octanol–water partition coefficient (Wildman–Crippen LogP) is 14.8. The first-order valence-corrected chi connectivity index (χ1v) is 20.6. The summed E-state index contributed by atoms with van der Waals surface area (Å²) in [6.45, 7) is 0. The van der Waals surface area contributed by atoms with E-state index in [0.717, 1.165) is 44.2 Å². The third-order valence-corrected chi connectivity index (χ3v) is 13.3. The third kappa shape index (κ3) is 5.30. The van der Waals surface area contributed by atoms with Crippen molar-refractivity contribution in [3.8, 4) is 56.4 Å². The molecule has 0 saturated carbocycles. The average molecular weight is 764 g/mol. The normalized spacial score (nSPS) is 11.9. The second-order valence-corrected chi connectivity index (χ2v) is 16.5. The third-order valence-electron chi connectivity index (χ3n) is 10.9. The minimum absolute atomic E-state index is 0.572. The number of thiophene rings is 2. The van der Waals surface area contributed by atoms with Crippen LogP contribution in [0.25, 0.3) is 119 Å². The fraction of sp³-hybridized carbons (Fsp3) is 0. The molecule has 12 aromatic rings. The van der Waals surface area contributed by atoms with Gasteiger partial charge >= 0.3 is 0 Å². The lowest BCUT2D eigenvalue weighted by molar-refractivity contribution is 0.669. The molecule has 4 nitrogen and oxygen atoms in total. The Labute approximate surface area is 335 Å². The van der Waals surface area contributed by atoms with Crippen LogP contribution in [0.5, 0.6) is 0 Å². The number of furan rings is 1. The first-order valence-electron chi connectivity index (χ1n) is 18.9. The van der Waals surface area contributed by atoms with Gasteiger partial charge in [0.25, 0.3) is 0 Å². The highest BCUT2D eigenvalue weighted by atomic mass is 32.1. The molecule has 0 amide bonds. The first-order chi connectivity index (χ1) is 28.2. The van der Waals surface area contributed by atoms with E-state index >= 15 is 0 Å². The predicted molar refractivity (Wildman–Crippen MR) is 240 cm³/mol. The Bertz CT molecular complexity index is 3470. The molecule has 4 aromatic heterocycles. The minimum Gasteiger partial charge on any atom is -0.455 e. The van der Waals surface area contributed by atoms with Crippen LogP contribution in [0, 0.1) is 0 Å². The summed E-state index contributed by atoms with van der Waals surface area (Å²) in [5.41, 5.74) is 9.03. The first kappa shape index (κ1) is 32.3. The van der Waals surface area contributed by atoms with Gasteiger partial charge in [0.15, 0.2) is 17.5 Å². The maximum atomic E-state index is 6.70. The zero-order valence-corrected chi connectivity index (χ0v) is 31.9. The molecular weight excluding hydrogens is 735 g/mol. The molecule has 8 aromatic carbocycles. The average Bonchev–Trinajstić information content (AvgIpc) is 3.97. The molecule has 12 rings (SSSR count). The number of fused-ring (bicyclic) bond motifs is 9. The minimum atomic E-state index is 0.572. The van der Waals surface area contributed by atoms with Crippen molar-refractivity contribution in [2.75, 3.05) is 0 Å². The summed E-state index contributed by atoms with van der Waals surface area (Å²) in [5.74, 6) is 1.81. The van der Waals surface area contributed by atoms with E-state index in [-0.39, 0.29) is 0 Å². The van der Waals surface area contributed by atoms with Crippen molar-refractivity contribution in [1.82, 2.24) is 15.0 Å². The highest BCUT2D eigenvalue weighted by molar-refractivity contribution is 7.26. The van der Waals surface area contributed by atoms with Crippen LogP contribution >= 0.6 is 22.7 Å². The van der Waals surface area contributed by atoms with Crippen LogP contribution in [-0.4, -0.2) is 15.0 Å². The van der Waals surface area contributed by atoms with Crippen LogP contribution in [0.2, 0.25) is 0 Å². The van der Waals surface area contributed by atoms with E-state index in [1.165, 1.54) is 57.0 Å². The summed E-state index contributed by atoms with van der Waals surface area (Å²) in [6, 6.07) is 62.1. The van der Waals surface area contributed by atoms with Gasteiger partial charge in [-0.2, -0.15) is 0 Å². The molecule has 0 aliphatic carbocycles. The monoisotopic (exact) mass is 763 g/mol. The lowest BCUT2D eigenvalue weighted by Crippen LogP contribution is -2.00. The van der Waals surface area contributed by atoms with Crippen LogP contribution in [-0.2, 0) is 0 Å². The van der Waals surface area contributed by atoms with Crippen molar-refractivity contribution in [1.29, 1.82) is 0 Å². The van der Waals surface area contributed by atoms with Crippen LogP contribution in [0.15, 0.2) is 180 Å². The van der Waals surface area contributed by atoms with Gasteiger partial charge in [-0.3, -0.25) is 0 Å². The lowest BCUT2D eigenvalue weighted by Gasteiger charge is -2.10. The molecule has 0 radical (unpaired) electrons. The van der Waals surface area contributed by atoms with Gasteiger partial charge in [0.05, 0.1) is 5.56 Å². The Morgan fingerprint density at radius 1 is 0.333 bits per heavy atom. The summed E-state index contributed by atoms with van der Waals surface area (Å²) in [7, 11) is 0. The molecule has 0 atom stereocenters. The summed E-state index contributed by atoms with van der Waals surface area (Å²) >= 11 is 3.73. The van der Waals surface area contributed by atoms with Crippen LogP contribution in [0.1, 0.15) is 0 Å². The molecule has 0 saturated heterocycles. The molecular formula is C51H29N3OS2. The molecule has 0 N–H and O–H groups in total. The molecule has 4 heterocycles. The Kier molecular flexibility index (Phi) is 7.24. The Morgan fingerprint density at radius 2 is 0.912 bits per heavy atom. The number of rotatable bonds is 5. The van der Waals surface area contributed by atoms with E-state index in [9.17, 15) is 0 Å². The van der Waals surface area contributed by atoms with E-state index in [2.05, 4.69) is 109 Å². The van der Waals surface area contributed by atoms with E-state index in [1.807, 2.05) is 89.4 Å². The second kappa shape index (κ2) is 12.8. The van der Waals surface area contributed by atoms with Crippen molar-refractivity contribution in [3.63, 3.8) is 0 Å². The van der Waals surface area contributed by atoms with Crippen molar-refractivity contribution in [2.24, 2.45) is 0 Å². The van der Waals surface area contributed by atoms with Gasteiger partial charge in [-0.15, -0.1) is 22.7 Å². The molecule has 0 aliphatic rings. The van der Waals surface area contributed by atoms with Gasteiger partial charge in [0.1, 0.15) is 11.2 Å². The Hall–Kier alpha value is -6.99. The number of nitrogens with zero attached hydrogens (tertiary/aromatic N) is 3. The Balaban J connectivity index is 1.04. The largest absolute Gasteiger partial charge is 0.455 e. The fourth-order valence-electron chi connectivity index (χ4n) is 8.18. The maximum Gasteiger partial charge on any atom is 0.167 e. The topological polar surface area (TPSA) is 51.8 Å². The number of hydrogen-bond acceptors (Lipinski definition) is 6. The molecule has 266 valence electrons. The standard InChI is InChI=1S/C51H29N3OS2/c1-3-12-30(13-4-1)49-52-50(31-14-5-2-6-15-31)54-51(53-49)38-19-11-18-37-40-26-32(22-24-43(40)55-47(37)38)34-28-39(48-42(29-34)36-17-8-10-21-45(36)57-48)33-23-25-46-41(27-33)35-16-7-9-20-44(35)56-46/h1-29H. The maximum absolute atomic E-state index is 6.70. The van der Waals surface area contributed by atoms with Crippen LogP contribution < -0.4 is 0 Å². The van der Waals surface area contributed by atoms with Gasteiger partial charge in [0.2, 0.25) is 0 Å². The van der Waals surface area contributed by atoms with E-state index in [0.29, 0.717) is 17.5 Å². The van der Waals surface area contributed by atoms with Gasteiger partial charge in [-0.05, 0) is 71.3 Å². The van der Waals surface area contributed by atoms with E-state index in [1.54, 1.807) is 0 Å². The number of para-hydroxylation sites is 1. The van der Waals surface area contributed by atoms with Gasteiger partial charge in [-0.25, -0.2) is 15.0 Å². The molecule has 0 spiro atoms. The second-order valence-electron chi connectivity index (χ2n) is 14.3. The Morgan fingerprint density at radius 3 is 1.67 bits per heavy atom. The fourth-order valence-corrected chi connectivity index (χ4v) is 10.5. The number of aromatic nitrogens is 3. The zero-order chi connectivity index (χ0) is 37.5. The van der Waals surface area contributed by atoms with E-state index < -0.39 is 0 Å². The molecule has 57 heavy (non-hydrogen) atoms. The molecule has 0 aliphatic heterocycles. The van der Waals surface area contributed by atoms with Gasteiger partial charge in [-0.1, -0.05) is 121 Å². The molecule has 0 unspecified atom stereocenters. The van der Waals surface area contributed by atoms with Crippen molar-refractivity contribution in [3.05, 3.63) is 176 Å². The number of benzene rings is 8. The quantitative estimate of drug-likeness (QED) is 0.175. The molecule has 0 fully saturated rings. The van der Waals surface area contributed by atoms with Crippen molar-refractivity contribution >= 4 is 85.0 Å². The smallest absolute Gasteiger partial charge is 0.167 e. The summed E-state index contributed by atoms with van der Waals surface area (Å²) in [4.78, 5) is 15.0. The van der Waals surface area contributed by atoms with Crippen LogP contribution in [0.3, 0.4) is 0 Å². The molecule has 0 bridgehead atoms. The zero-order valence-electron chi connectivity index (χ0n) is 30.3. The van der Waals surface area contributed by atoms with Gasteiger partial charge < -0.3 is 4.42 Å². The number of hydrogen-bond donors (Lipinski definition) is 0. The lowest BCUT2D eigenvalue weighted by atomic mass is 9.94. The van der Waals surface area contributed by atoms with Crippen LogP contribution in [0.4, 0.5) is 0 Å². The van der Waals surface area contributed by atoms with E-state index in [4.69, 9.17) is 19.4 Å². The highest BCUT2D eigenvalue weighted by Gasteiger charge is 2.20. The summed E-state index contributed by atoms with van der Waals surface area (Å²) < 4.78 is 11.9. The van der Waals surface area contributed by atoms with Crippen molar-refractivity contribution < 1.29 is 4.42 Å². The highest BCUT2D eigenvalue weighted by Crippen LogP contribution is 2.45. The van der Waals surface area contributed by atoms with Gasteiger partial charge in [0, 0.05) is 67.8 Å². The summed E-state index contributed by atoms with van der Waals surface area (Å²) in [5, 5.41) is 7.24. The van der Waals surface area contributed by atoms with Crippen molar-refractivity contribution in [2.45, 2.75) is 0 Å². The summed E-state index contributed by atoms with van der Waals surface area (Å²) in [6.07, 6.45) is 0. The SMILES string of the molecule is c1ccc(-c2nc(-c3ccccc3)nc(-c3cccc4c3oc3ccc(-c5cc(-c6ccc7sc8ccccc8c7c6)c6sc7ccccc7c6c5)cc34)n2)cc1.